The van der Waals surface area contributed by atoms with E-state index in [1.165, 1.54) is 6.33 Å². The minimum atomic E-state index is -0.987. The van der Waals surface area contributed by atoms with Gasteiger partial charge in [-0.25, -0.2) is 9.78 Å². The molecule has 8 nitrogen and oxygen atoms in total. The number of carbonyl (C=O) groups excluding carboxylic acids is 1. The molecule has 0 aliphatic carbocycles. The molecule has 1 unspecified atom stereocenters. The van der Waals surface area contributed by atoms with E-state index < -0.39 is 18.0 Å². The molecule has 8 heteroatoms. The van der Waals surface area contributed by atoms with Crippen LogP contribution in [0.25, 0.3) is 0 Å². The first kappa shape index (κ1) is 14.5. The number of nitrogens with one attached hydrogen (secondary N) is 3. The lowest BCUT2D eigenvalue weighted by Gasteiger charge is -2.17. The number of benzene rings is 1. The van der Waals surface area contributed by atoms with Crippen molar-refractivity contribution in [2.45, 2.75) is 19.0 Å². The van der Waals surface area contributed by atoms with E-state index in [-0.39, 0.29) is 13.0 Å². The number of carbonyl (C=O) groups is 2. The molecule has 0 radical (unpaired) electrons. The summed E-state index contributed by atoms with van der Waals surface area (Å²) in [6.45, 7) is 0.181. The Morgan fingerprint density at radius 2 is 2.05 bits per heavy atom. The maximum atomic E-state index is 11.8. The Bertz CT molecular complexity index is 585. The summed E-state index contributed by atoms with van der Waals surface area (Å²) in [4.78, 5) is 26.6. The number of nitrogens with zero attached hydrogens (tertiary/aromatic N) is 2. The first-order valence-corrected chi connectivity index (χ1v) is 6.30. The molecule has 2 aromatic rings. The molecule has 1 aromatic carbocycles. The number of urea groups is 1. The van der Waals surface area contributed by atoms with Gasteiger partial charge in [-0.2, -0.15) is 5.10 Å². The lowest BCUT2D eigenvalue weighted by Crippen LogP contribution is -2.38. The molecule has 0 bridgehead atoms. The van der Waals surface area contributed by atoms with Gasteiger partial charge in [0.25, 0.3) is 0 Å². The number of aromatic amines is 1. The van der Waals surface area contributed by atoms with Crippen molar-refractivity contribution in [3.05, 3.63) is 48.0 Å². The van der Waals surface area contributed by atoms with Gasteiger partial charge in [0.05, 0.1) is 19.0 Å². The molecule has 1 aromatic heterocycles. The molecule has 0 saturated heterocycles. The highest BCUT2D eigenvalue weighted by Crippen LogP contribution is 2.16. The summed E-state index contributed by atoms with van der Waals surface area (Å²) in [5.74, 6) is -0.473. The van der Waals surface area contributed by atoms with Crippen molar-refractivity contribution in [3.8, 4) is 0 Å². The molecule has 0 aliphatic heterocycles. The fourth-order valence-corrected chi connectivity index (χ4v) is 1.80. The first-order chi connectivity index (χ1) is 10.1. The van der Waals surface area contributed by atoms with Gasteiger partial charge < -0.3 is 15.7 Å². The molecule has 21 heavy (non-hydrogen) atoms. The van der Waals surface area contributed by atoms with Crippen LogP contribution in [0.5, 0.6) is 0 Å². The summed E-state index contributed by atoms with van der Waals surface area (Å²) < 4.78 is 0. The minimum Gasteiger partial charge on any atom is -0.481 e. The van der Waals surface area contributed by atoms with E-state index in [9.17, 15) is 9.59 Å². The van der Waals surface area contributed by atoms with Gasteiger partial charge in [-0.05, 0) is 5.56 Å². The number of amides is 2. The standard InChI is InChI=1S/C13H15N5O3/c19-12(20)6-10(9-4-2-1-3-5-9)17-13(21)14-7-11-15-8-16-18-11/h1-5,8,10H,6-7H2,(H,19,20)(H2,14,17,21)(H,15,16,18). The number of hydrogen-bond donors (Lipinski definition) is 4. The molecule has 2 amide bonds. The van der Waals surface area contributed by atoms with Crippen LogP contribution >= 0.6 is 0 Å². The minimum absolute atomic E-state index is 0.181. The highest BCUT2D eigenvalue weighted by molar-refractivity contribution is 5.76. The second-order valence-corrected chi connectivity index (χ2v) is 4.32. The predicted octanol–water partition coefficient (Wildman–Crippen LogP) is 0.820. The zero-order valence-electron chi connectivity index (χ0n) is 11.1. The quantitative estimate of drug-likeness (QED) is 0.627. The fraction of sp³-hybridized carbons (Fsp3) is 0.231. The molecule has 2 rings (SSSR count). The Morgan fingerprint density at radius 1 is 1.29 bits per heavy atom. The third-order valence-corrected chi connectivity index (χ3v) is 2.77. The van der Waals surface area contributed by atoms with Gasteiger partial charge in [0.1, 0.15) is 12.2 Å². The van der Waals surface area contributed by atoms with Crippen molar-refractivity contribution in [1.29, 1.82) is 0 Å². The van der Waals surface area contributed by atoms with Gasteiger partial charge in [-0.1, -0.05) is 30.3 Å². The van der Waals surface area contributed by atoms with Crippen molar-refractivity contribution in [2.75, 3.05) is 0 Å². The Balaban J connectivity index is 1.94. The van der Waals surface area contributed by atoms with Crippen LogP contribution in [0, 0.1) is 0 Å². The second-order valence-electron chi connectivity index (χ2n) is 4.32. The number of carboxylic acid groups (broad SMARTS) is 1. The Morgan fingerprint density at radius 3 is 2.67 bits per heavy atom. The number of carboxylic acids is 1. The number of hydrogen-bond acceptors (Lipinski definition) is 4. The third-order valence-electron chi connectivity index (χ3n) is 2.77. The third kappa shape index (κ3) is 4.60. The van der Waals surface area contributed by atoms with E-state index in [2.05, 4.69) is 25.8 Å². The van der Waals surface area contributed by atoms with Gasteiger partial charge in [-0.3, -0.25) is 9.89 Å². The summed E-state index contributed by atoms with van der Waals surface area (Å²) >= 11 is 0. The van der Waals surface area contributed by atoms with E-state index in [0.29, 0.717) is 5.82 Å². The van der Waals surface area contributed by atoms with Crippen molar-refractivity contribution >= 4 is 12.0 Å². The van der Waals surface area contributed by atoms with Gasteiger partial charge in [0.15, 0.2) is 0 Å². The van der Waals surface area contributed by atoms with Crippen molar-refractivity contribution < 1.29 is 14.7 Å². The molecule has 110 valence electrons. The first-order valence-electron chi connectivity index (χ1n) is 6.30. The van der Waals surface area contributed by atoms with Crippen LogP contribution in [0.4, 0.5) is 4.79 Å². The topological polar surface area (TPSA) is 120 Å². The van der Waals surface area contributed by atoms with Gasteiger partial charge >= 0.3 is 12.0 Å². The molecule has 0 aliphatic rings. The lowest BCUT2D eigenvalue weighted by molar-refractivity contribution is -0.137. The summed E-state index contributed by atoms with van der Waals surface area (Å²) in [5, 5.41) is 20.4. The molecule has 0 saturated carbocycles. The van der Waals surface area contributed by atoms with Crippen LogP contribution in [0.1, 0.15) is 23.9 Å². The van der Waals surface area contributed by atoms with Gasteiger partial charge in [-0.15, -0.1) is 0 Å². The summed E-state index contributed by atoms with van der Waals surface area (Å²) in [6, 6.07) is 7.87. The number of H-pyrrole nitrogens is 1. The Labute approximate surface area is 120 Å². The van der Waals surface area contributed by atoms with E-state index in [1.54, 1.807) is 24.3 Å². The van der Waals surface area contributed by atoms with Crippen LogP contribution in [-0.4, -0.2) is 32.3 Å². The summed E-state index contributed by atoms with van der Waals surface area (Å²) in [7, 11) is 0. The number of aromatic nitrogens is 3. The molecule has 1 atom stereocenters. The average Bonchev–Trinajstić information content (AvgIpc) is 2.98. The summed E-state index contributed by atoms with van der Waals surface area (Å²) in [5.41, 5.74) is 0.731. The second kappa shape index (κ2) is 7.04. The zero-order chi connectivity index (χ0) is 15.1. The molecule has 1 heterocycles. The van der Waals surface area contributed by atoms with Crippen molar-refractivity contribution in [3.63, 3.8) is 0 Å². The van der Waals surface area contributed by atoms with Crippen LogP contribution in [0.3, 0.4) is 0 Å². The lowest BCUT2D eigenvalue weighted by atomic mass is 10.0. The van der Waals surface area contributed by atoms with Crippen LogP contribution in [-0.2, 0) is 11.3 Å². The van der Waals surface area contributed by atoms with E-state index in [4.69, 9.17) is 5.11 Å². The predicted molar refractivity (Wildman–Crippen MR) is 73.2 cm³/mol. The normalized spacial score (nSPS) is 11.6. The number of rotatable bonds is 6. The van der Waals surface area contributed by atoms with Gasteiger partial charge in [0.2, 0.25) is 0 Å². The fourth-order valence-electron chi connectivity index (χ4n) is 1.80. The van der Waals surface area contributed by atoms with E-state index >= 15 is 0 Å². The number of aliphatic carboxylic acids is 1. The maximum absolute atomic E-state index is 11.8. The summed E-state index contributed by atoms with van der Waals surface area (Å²) in [6.07, 6.45) is 1.14. The van der Waals surface area contributed by atoms with Crippen LogP contribution in [0.15, 0.2) is 36.7 Å². The largest absolute Gasteiger partial charge is 0.481 e. The van der Waals surface area contributed by atoms with Crippen LogP contribution < -0.4 is 10.6 Å². The highest BCUT2D eigenvalue weighted by atomic mass is 16.4. The van der Waals surface area contributed by atoms with E-state index in [0.717, 1.165) is 5.56 Å². The molecule has 0 fully saturated rings. The monoisotopic (exact) mass is 289 g/mol. The van der Waals surface area contributed by atoms with Crippen molar-refractivity contribution in [1.82, 2.24) is 25.8 Å². The smallest absolute Gasteiger partial charge is 0.315 e. The highest BCUT2D eigenvalue weighted by Gasteiger charge is 2.17. The van der Waals surface area contributed by atoms with E-state index in [1.807, 2.05) is 6.07 Å². The SMILES string of the molecule is O=C(O)CC(NC(=O)NCc1ncn[nH]1)c1ccccc1. The molecule has 4 N–H and O–H groups in total. The zero-order valence-corrected chi connectivity index (χ0v) is 11.1. The Hall–Kier alpha value is -2.90. The van der Waals surface area contributed by atoms with Crippen molar-refractivity contribution in [2.24, 2.45) is 0 Å². The molecular formula is C13H15N5O3. The average molecular weight is 289 g/mol. The molecular weight excluding hydrogens is 274 g/mol. The van der Waals surface area contributed by atoms with Gasteiger partial charge in [0, 0.05) is 0 Å². The van der Waals surface area contributed by atoms with Crippen LogP contribution in [0.2, 0.25) is 0 Å². The Kier molecular flexibility index (Phi) is 4.86. The molecule has 0 spiro atoms. The maximum Gasteiger partial charge on any atom is 0.315 e.